The third kappa shape index (κ3) is 4.23. The zero-order valence-electron chi connectivity index (χ0n) is 14.4. The molecule has 1 aromatic heterocycles. The van der Waals surface area contributed by atoms with Crippen LogP contribution in [0.1, 0.15) is 0 Å². The van der Waals surface area contributed by atoms with Gasteiger partial charge in [0.1, 0.15) is 11.5 Å². The Morgan fingerprint density at radius 3 is 2.59 bits per heavy atom. The van der Waals surface area contributed by atoms with Gasteiger partial charge in [0, 0.05) is 0 Å². The number of rotatable bonds is 7. The van der Waals surface area contributed by atoms with Gasteiger partial charge in [-0.05, 0) is 30.3 Å². The van der Waals surface area contributed by atoms with E-state index in [1.165, 1.54) is 36.6 Å². The van der Waals surface area contributed by atoms with E-state index in [4.69, 9.17) is 14.2 Å². The van der Waals surface area contributed by atoms with Crippen LogP contribution in [-0.4, -0.2) is 36.6 Å². The number of anilines is 1. The Morgan fingerprint density at radius 1 is 1.19 bits per heavy atom. The van der Waals surface area contributed by atoms with Crippen molar-refractivity contribution in [2.24, 2.45) is 0 Å². The van der Waals surface area contributed by atoms with E-state index in [0.29, 0.717) is 16.6 Å². The number of nitrogens with one attached hydrogen (secondary N) is 1. The van der Waals surface area contributed by atoms with E-state index in [1.54, 1.807) is 19.2 Å². The summed E-state index contributed by atoms with van der Waals surface area (Å²) in [5, 5.41) is 14.1. The van der Waals surface area contributed by atoms with Gasteiger partial charge in [-0.25, -0.2) is 4.98 Å². The number of thiazole rings is 1. The van der Waals surface area contributed by atoms with Crippen molar-refractivity contribution in [1.82, 2.24) is 4.98 Å². The summed E-state index contributed by atoms with van der Waals surface area (Å²) in [5.74, 6) is 0.513. The maximum Gasteiger partial charge on any atom is 0.314 e. The monoisotopic (exact) mass is 389 g/mol. The van der Waals surface area contributed by atoms with Crippen molar-refractivity contribution in [3.8, 4) is 17.2 Å². The van der Waals surface area contributed by atoms with Gasteiger partial charge in [0.25, 0.3) is 5.91 Å². The minimum absolute atomic E-state index is 0.0232. The van der Waals surface area contributed by atoms with Crippen LogP contribution in [0.15, 0.2) is 36.4 Å². The molecule has 0 saturated carbocycles. The first-order chi connectivity index (χ1) is 13.0. The first-order valence-electron chi connectivity index (χ1n) is 7.70. The summed E-state index contributed by atoms with van der Waals surface area (Å²) >= 11 is 1.29. The minimum atomic E-state index is -0.601. The lowest BCUT2D eigenvalue weighted by molar-refractivity contribution is -0.385. The lowest BCUT2D eigenvalue weighted by Crippen LogP contribution is -2.20. The molecule has 9 nitrogen and oxygen atoms in total. The molecular weight excluding hydrogens is 374 g/mol. The first kappa shape index (κ1) is 18.4. The Hall–Kier alpha value is -3.40. The molecule has 3 aromatic rings. The number of nitro groups is 1. The molecule has 0 radical (unpaired) electrons. The molecule has 3 rings (SSSR count). The lowest BCUT2D eigenvalue weighted by atomic mass is 10.3. The normalized spacial score (nSPS) is 10.4. The highest BCUT2D eigenvalue weighted by Crippen LogP contribution is 2.31. The summed E-state index contributed by atoms with van der Waals surface area (Å²) in [6, 6.07) is 9.51. The summed E-state index contributed by atoms with van der Waals surface area (Å²) in [4.78, 5) is 26.9. The Morgan fingerprint density at radius 2 is 1.89 bits per heavy atom. The van der Waals surface area contributed by atoms with Crippen LogP contribution in [-0.2, 0) is 4.79 Å². The second-order valence-electron chi connectivity index (χ2n) is 5.28. The number of aromatic nitrogens is 1. The SMILES string of the molecule is COc1ccc(OCC(=O)Nc2nc3ccc(OC)cc3s2)c([N+](=O)[O-])c1. The fraction of sp³-hybridized carbons (Fsp3) is 0.176. The van der Waals surface area contributed by atoms with Gasteiger partial charge in [-0.2, -0.15) is 0 Å². The highest BCUT2D eigenvalue weighted by molar-refractivity contribution is 7.22. The fourth-order valence-electron chi connectivity index (χ4n) is 2.27. The molecule has 0 saturated heterocycles. The molecule has 0 spiro atoms. The van der Waals surface area contributed by atoms with Gasteiger partial charge in [-0.15, -0.1) is 0 Å². The minimum Gasteiger partial charge on any atom is -0.497 e. The third-order valence-corrected chi connectivity index (χ3v) is 4.50. The molecule has 1 heterocycles. The van der Waals surface area contributed by atoms with Gasteiger partial charge in [0.15, 0.2) is 17.5 Å². The number of hydrogen-bond acceptors (Lipinski definition) is 8. The van der Waals surface area contributed by atoms with E-state index in [-0.39, 0.29) is 11.4 Å². The van der Waals surface area contributed by atoms with Crippen LogP contribution in [0.25, 0.3) is 10.2 Å². The summed E-state index contributed by atoms with van der Waals surface area (Å²) in [5.41, 5.74) is 0.442. The molecule has 1 amide bonds. The largest absolute Gasteiger partial charge is 0.497 e. The summed E-state index contributed by atoms with van der Waals surface area (Å²) in [6.07, 6.45) is 0. The number of benzene rings is 2. The number of methoxy groups -OCH3 is 2. The van der Waals surface area contributed by atoms with Crippen molar-refractivity contribution in [3.05, 3.63) is 46.5 Å². The molecule has 0 aliphatic heterocycles. The van der Waals surface area contributed by atoms with E-state index in [9.17, 15) is 14.9 Å². The van der Waals surface area contributed by atoms with Crippen LogP contribution in [0.5, 0.6) is 17.2 Å². The van der Waals surface area contributed by atoms with Gasteiger partial charge in [0.05, 0.1) is 35.4 Å². The zero-order chi connectivity index (χ0) is 19.4. The molecule has 0 bridgehead atoms. The Kier molecular flexibility index (Phi) is 5.36. The van der Waals surface area contributed by atoms with Crippen molar-refractivity contribution in [2.45, 2.75) is 0 Å². The number of nitro benzene ring substituents is 1. The molecule has 0 atom stereocenters. The Balaban J connectivity index is 1.67. The molecule has 0 unspecified atom stereocenters. The quantitative estimate of drug-likeness (QED) is 0.487. The molecule has 2 aromatic carbocycles. The number of ether oxygens (including phenoxy) is 3. The van der Waals surface area contributed by atoms with E-state index < -0.39 is 17.4 Å². The van der Waals surface area contributed by atoms with Gasteiger partial charge >= 0.3 is 5.69 Å². The fourth-order valence-corrected chi connectivity index (χ4v) is 3.18. The average Bonchev–Trinajstić information content (AvgIpc) is 3.07. The van der Waals surface area contributed by atoms with Crippen LogP contribution in [0.2, 0.25) is 0 Å². The smallest absolute Gasteiger partial charge is 0.314 e. The van der Waals surface area contributed by atoms with Crippen LogP contribution in [0.4, 0.5) is 10.8 Å². The Labute approximate surface area is 157 Å². The first-order valence-corrected chi connectivity index (χ1v) is 8.51. The van der Waals surface area contributed by atoms with Crippen LogP contribution in [0, 0.1) is 10.1 Å². The maximum atomic E-state index is 12.1. The summed E-state index contributed by atoms with van der Waals surface area (Å²) in [6.45, 7) is -0.396. The zero-order valence-corrected chi connectivity index (χ0v) is 15.2. The number of nitrogens with zero attached hydrogens (tertiary/aromatic N) is 2. The predicted molar refractivity (Wildman–Crippen MR) is 99.9 cm³/mol. The number of amides is 1. The molecule has 10 heteroatoms. The Bertz CT molecular complexity index is 1000. The standard InChI is InChI=1S/C17H15N3O6S/c1-24-10-4-6-14(13(7-10)20(22)23)26-9-16(21)19-17-18-12-5-3-11(25-2)8-15(12)27-17/h3-8H,9H2,1-2H3,(H,18,19,21). The van der Waals surface area contributed by atoms with Gasteiger partial charge in [0.2, 0.25) is 0 Å². The summed E-state index contributed by atoms with van der Waals surface area (Å²) in [7, 11) is 2.97. The topological polar surface area (TPSA) is 113 Å². The number of hydrogen-bond donors (Lipinski definition) is 1. The molecule has 27 heavy (non-hydrogen) atoms. The highest BCUT2D eigenvalue weighted by atomic mass is 32.1. The van der Waals surface area contributed by atoms with E-state index in [0.717, 1.165) is 10.2 Å². The van der Waals surface area contributed by atoms with Crippen molar-refractivity contribution in [1.29, 1.82) is 0 Å². The van der Waals surface area contributed by atoms with Crippen LogP contribution >= 0.6 is 11.3 Å². The van der Waals surface area contributed by atoms with Crippen molar-refractivity contribution in [2.75, 3.05) is 26.1 Å². The second-order valence-corrected chi connectivity index (χ2v) is 6.31. The molecule has 0 aliphatic rings. The molecule has 0 fully saturated rings. The predicted octanol–water partition coefficient (Wildman–Crippen LogP) is 3.24. The number of carbonyl (C=O) groups is 1. The molecular formula is C17H15N3O6S. The molecule has 0 aliphatic carbocycles. The van der Waals surface area contributed by atoms with Gasteiger partial charge in [-0.1, -0.05) is 11.3 Å². The van der Waals surface area contributed by atoms with E-state index >= 15 is 0 Å². The van der Waals surface area contributed by atoms with E-state index in [2.05, 4.69) is 10.3 Å². The van der Waals surface area contributed by atoms with Crippen molar-refractivity contribution >= 4 is 38.3 Å². The van der Waals surface area contributed by atoms with Crippen LogP contribution in [0.3, 0.4) is 0 Å². The molecule has 1 N–H and O–H groups in total. The van der Waals surface area contributed by atoms with Crippen molar-refractivity contribution in [3.63, 3.8) is 0 Å². The van der Waals surface area contributed by atoms with Gasteiger partial charge < -0.3 is 14.2 Å². The third-order valence-electron chi connectivity index (χ3n) is 3.56. The van der Waals surface area contributed by atoms with Crippen LogP contribution < -0.4 is 19.5 Å². The maximum absolute atomic E-state index is 12.1. The average molecular weight is 389 g/mol. The lowest BCUT2D eigenvalue weighted by Gasteiger charge is -2.07. The second kappa shape index (κ2) is 7.87. The number of carbonyl (C=O) groups excluding carboxylic acids is 1. The molecule has 140 valence electrons. The van der Waals surface area contributed by atoms with Crippen molar-refractivity contribution < 1.29 is 23.9 Å². The number of fused-ring (bicyclic) bond motifs is 1. The van der Waals surface area contributed by atoms with E-state index in [1.807, 2.05) is 6.07 Å². The van der Waals surface area contributed by atoms with Gasteiger partial charge in [-0.3, -0.25) is 20.2 Å². The highest BCUT2D eigenvalue weighted by Gasteiger charge is 2.18. The summed E-state index contributed by atoms with van der Waals surface area (Å²) < 4.78 is 16.3.